The van der Waals surface area contributed by atoms with Gasteiger partial charge in [0, 0.05) is 43.5 Å². The Morgan fingerprint density at radius 3 is 2.72 bits per heavy atom. The summed E-state index contributed by atoms with van der Waals surface area (Å²) in [5, 5.41) is 14.9. The molecule has 0 atom stereocenters. The zero-order valence-corrected chi connectivity index (χ0v) is 21.1. The fraction of sp³-hybridized carbons (Fsp3) is 0.462. The molecule has 2 amide bonds. The van der Waals surface area contributed by atoms with Crippen LogP contribution in [0, 0.1) is 5.92 Å². The molecule has 0 saturated heterocycles. The second kappa shape index (κ2) is 13.1. The Morgan fingerprint density at radius 2 is 1.94 bits per heavy atom. The maximum absolute atomic E-state index is 12.5. The number of nitrogens with one attached hydrogen (secondary N) is 2. The minimum atomic E-state index is -0.262. The third-order valence-electron chi connectivity index (χ3n) is 6.34. The van der Waals surface area contributed by atoms with Gasteiger partial charge in [0.05, 0.1) is 12.2 Å². The molecule has 0 radical (unpaired) electrons. The molecule has 3 aromatic rings. The van der Waals surface area contributed by atoms with E-state index >= 15 is 0 Å². The molecule has 4 rings (SSSR count). The van der Waals surface area contributed by atoms with Crippen molar-refractivity contribution in [3.05, 3.63) is 68.8 Å². The van der Waals surface area contributed by atoms with Crippen LogP contribution in [0.4, 0.5) is 5.69 Å². The Bertz CT molecular complexity index is 1200. The number of hydrogen-bond acceptors (Lipinski definition) is 7. The van der Waals surface area contributed by atoms with Crippen molar-refractivity contribution in [3.63, 3.8) is 0 Å². The van der Waals surface area contributed by atoms with Crippen LogP contribution in [0.3, 0.4) is 0 Å². The van der Waals surface area contributed by atoms with Crippen LogP contribution in [0.5, 0.6) is 0 Å². The Hall–Kier alpha value is -3.40. The lowest BCUT2D eigenvalue weighted by atomic mass is 9.87. The Morgan fingerprint density at radius 1 is 1.08 bits per heavy atom. The van der Waals surface area contributed by atoms with Gasteiger partial charge >= 0.3 is 0 Å². The number of aryl methyl sites for hydroxylation is 2. The number of carbonyl (C=O) groups is 2. The highest BCUT2D eigenvalue weighted by molar-refractivity contribution is 7.13. The first-order valence-electron chi connectivity index (χ1n) is 12.6. The van der Waals surface area contributed by atoms with E-state index in [0.717, 1.165) is 36.4 Å². The fourth-order valence-electron chi connectivity index (χ4n) is 4.39. The SMILES string of the molecule is O=C(CC1CCCCC1)Nc1ccn(CCCCc2nnc(C(=O)NCc3ccccn3)s2)c(=O)c1. The van der Waals surface area contributed by atoms with Crippen LogP contribution in [-0.2, 0) is 24.3 Å². The lowest BCUT2D eigenvalue weighted by Gasteiger charge is -2.20. The number of amides is 2. The van der Waals surface area contributed by atoms with Crippen molar-refractivity contribution in [2.45, 2.75) is 70.9 Å². The molecule has 190 valence electrons. The van der Waals surface area contributed by atoms with Gasteiger partial charge in [0.25, 0.3) is 11.5 Å². The zero-order valence-electron chi connectivity index (χ0n) is 20.3. The van der Waals surface area contributed by atoms with Gasteiger partial charge in [0.1, 0.15) is 5.01 Å². The average molecular weight is 509 g/mol. The van der Waals surface area contributed by atoms with Crippen LogP contribution >= 0.6 is 11.3 Å². The van der Waals surface area contributed by atoms with Gasteiger partial charge in [-0.3, -0.25) is 19.4 Å². The number of unbranched alkanes of at least 4 members (excludes halogenated alkanes) is 1. The standard InChI is InChI=1S/C26H32N6O3S/c33-22(16-19-8-2-1-3-9-19)29-20-12-15-32(24(34)17-20)14-7-5-11-23-30-31-26(36-23)25(35)28-18-21-10-4-6-13-27-21/h4,6,10,12-13,15,17,19H,1-3,5,7-9,11,14,16,18H2,(H,28,35)(H,29,33). The summed E-state index contributed by atoms with van der Waals surface area (Å²) in [5.41, 5.74) is 1.20. The first-order valence-corrected chi connectivity index (χ1v) is 13.4. The molecule has 2 N–H and O–H groups in total. The van der Waals surface area contributed by atoms with E-state index in [1.165, 1.54) is 36.7 Å². The Balaban J connectivity index is 1.17. The van der Waals surface area contributed by atoms with Crippen LogP contribution in [0.25, 0.3) is 0 Å². The molecule has 3 aromatic heterocycles. The average Bonchev–Trinajstić information content (AvgIpc) is 3.36. The Kier molecular flexibility index (Phi) is 9.32. The molecule has 0 spiro atoms. The van der Waals surface area contributed by atoms with E-state index in [9.17, 15) is 14.4 Å². The number of pyridine rings is 2. The number of carbonyl (C=O) groups excluding carboxylic acids is 2. The van der Waals surface area contributed by atoms with E-state index in [2.05, 4.69) is 25.8 Å². The minimum absolute atomic E-state index is 0.0131. The molecule has 1 saturated carbocycles. The third-order valence-corrected chi connectivity index (χ3v) is 7.32. The van der Waals surface area contributed by atoms with Crippen molar-refractivity contribution in [1.82, 2.24) is 25.1 Å². The molecule has 1 aliphatic rings. The maximum Gasteiger partial charge on any atom is 0.282 e. The van der Waals surface area contributed by atoms with Gasteiger partial charge in [-0.05, 0) is 49.8 Å². The number of rotatable bonds is 11. The van der Waals surface area contributed by atoms with Crippen LogP contribution in [0.2, 0.25) is 0 Å². The van der Waals surface area contributed by atoms with Crippen LogP contribution in [0.1, 0.15) is 71.9 Å². The van der Waals surface area contributed by atoms with Crippen molar-refractivity contribution in [1.29, 1.82) is 0 Å². The molecule has 0 unspecified atom stereocenters. The predicted molar refractivity (Wildman–Crippen MR) is 139 cm³/mol. The smallest absolute Gasteiger partial charge is 0.282 e. The predicted octanol–water partition coefficient (Wildman–Crippen LogP) is 3.96. The monoisotopic (exact) mass is 508 g/mol. The molecule has 9 nitrogen and oxygen atoms in total. The number of nitrogens with zero attached hydrogens (tertiary/aromatic N) is 4. The lowest BCUT2D eigenvalue weighted by molar-refractivity contribution is -0.117. The van der Waals surface area contributed by atoms with Crippen molar-refractivity contribution in [2.75, 3.05) is 5.32 Å². The van der Waals surface area contributed by atoms with E-state index in [-0.39, 0.29) is 17.4 Å². The van der Waals surface area contributed by atoms with E-state index < -0.39 is 0 Å². The van der Waals surface area contributed by atoms with Gasteiger partial charge in [-0.25, -0.2) is 0 Å². The second-order valence-corrected chi connectivity index (χ2v) is 10.2. The summed E-state index contributed by atoms with van der Waals surface area (Å²) in [6.45, 7) is 0.914. The molecule has 1 fully saturated rings. The van der Waals surface area contributed by atoms with Gasteiger partial charge in [0.2, 0.25) is 10.9 Å². The van der Waals surface area contributed by atoms with Gasteiger partial charge in [-0.1, -0.05) is 36.7 Å². The summed E-state index contributed by atoms with van der Waals surface area (Å²) >= 11 is 1.28. The van der Waals surface area contributed by atoms with Gasteiger partial charge in [-0.15, -0.1) is 10.2 Å². The summed E-state index contributed by atoms with van der Waals surface area (Å²) in [7, 11) is 0. The van der Waals surface area contributed by atoms with E-state index in [1.54, 1.807) is 23.0 Å². The fourth-order valence-corrected chi connectivity index (χ4v) is 5.19. The topological polar surface area (TPSA) is 119 Å². The summed E-state index contributed by atoms with van der Waals surface area (Å²) < 4.78 is 1.65. The van der Waals surface area contributed by atoms with Gasteiger partial charge < -0.3 is 15.2 Å². The first kappa shape index (κ1) is 25.7. The summed E-state index contributed by atoms with van der Waals surface area (Å²) in [6, 6.07) is 8.81. The van der Waals surface area contributed by atoms with E-state index in [0.29, 0.717) is 42.5 Å². The molecule has 0 aromatic carbocycles. The highest BCUT2D eigenvalue weighted by Gasteiger charge is 2.17. The summed E-state index contributed by atoms with van der Waals surface area (Å²) in [5.74, 6) is 0.187. The number of aromatic nitrogens is 4. The van der Waals surface area contributed by atoms with Crippen LogP contribution in [-0.4, -0.2) is 31.6 Å². The van der Waals surface area contributed by atoms with Gasteiger partial charge in [-0.2, -0.15) is 0 Å². The molecule has 0 bridgehead atoms. The highest BCUT2D eigenvalue weighted by atomic mass is 32.1. The molecule has 1 aliphatic carbocycles. The lowest BCUT2D eigenvalue weighted by Crippen LogP contribution is -2.23. The highest BCUT2D eigenvalue weighted by Crippen LogP contribution is 2.26. The molecular formula is C26H32N6O3S. The summed E-state index contributed by atoms with van der Waals surface area (Å²) in [6.07, 6.45) is 12.1. The van der Waals surface area contributed by atoms with E-state index in [1.807, 2.05) is 18.2 Å². The van der Waals surface area contributed by atoms with E-state index in [4.69, 9.17) is 0 Å². The maximum atomic E-state index is 12.5. The Labute approximate surface area is 214 Å². The van der Waals surface area contributed by atoms with Crippen molar-refractivity contribution in [2.24, 2.45) is 5.92 Å². The zero-order chi connectivity index (χ0) is 25.2. The normalized spacial score (nSPS) is 13.9. The molecule has 36 heavy (non-hydrogen) atoms. The minimum Gasteiger partial charge on any atom is -0.344 e. The van der Waals surface area contributed by atoms with Crippen molar-refractivity contribution in [3.8, 4) is 0 Å². The van der Waals surface area contributed by atoms with Crippen molar-refractivity contribution < 1.29 is 9.59 Å². The quantitative estimate of drug-likeness (QED) is 0.379. The van der Waals surface area contributed by atoms with Crippen molar-refractivity contribution >= 4 is 28.8 Å². The largest absolute Gasteiger partial charge is 0.344 e. The second-order valence-electron chi connectivity index (χ2n) is 9.17. The molecule has 10 heteroatoms. The van der Waals surface area contributed by atoms with Crippen LogP contribution < -0.4 is 16.2 Å². The first-order chi connectivity index (χ1) is 17.6. The number of anilines is 1. The molecule has 3 heterocycles. The summed E-state index contributed by atoms with van der Waals surface area (Å²) in [4.78, 5) is 41.2. The van der Waals surface area contributed by atoms with Crippen LogP contribution in [0.15, 0.2) is 47.5 Å². The van der Waals surface area contributed by atoms with Gasteiger partial charge in [0.15, 0.2) is 0 Å². The molecule has 0 aliphatic heterocycles. The molecular weight excluding hydrogens is 476 g/mol. The third kappa shape index (κ3) is 7.81. The number of hydrogen-bond donors (Lipinski definition) is 2.